The number of benzene rings is 5. The Morgan fingerprint density at radius 1 is 0.561 bits per heavy atom. The van der Waals surface area contributed by atoms with E-state index >= 15 is 0 Å². The van der Waals surface area contributed by atoms with Crippen LogP contribution in [0.5, 0.6) is 0 Å². The van der Waals surface area contributed by atoms with Crippen molar-refractivity contribution >= 4 is 45.6 Å². The van der Waals surface area contributed by atoms with Crippen molar-refractivity contribution in [2.75, 3.05) is 9.80 Å². The van der Waals surface area contributed by atoms with Crippen LogP contribution in [0.25, 0.3) is 21.9 Å². The monoisotopic (exact) mass is 530 g/mol. The Hall–Kier alpha value is -5.62. The quantitative estimate of drug-likeness (QED) is 0.222. The van der Waals surface area contributed by atoms with Gasteiger partial charge in [0.1, 0.15) is 0 Å². The molecule has 0 spiro atoms. The smallest absolute Gasteiger partial charge is 0.268 e. The number of anilines is 4. The minimum absolute atomic E-state index is 0.0604. The molecule has 0 fully saturated rings. The molecular weight excluding hydrogens is 508 g/mol. The van der Waals surface area contributed by atoms with E-state index in [0.717, 1.165) is 50.3 Å². The summed E-state index contributed by atoms with van der Waals surface area (Å²) < 4.78 is 0. The van der Waals surface area contributed by atoms with E-state index in [1.165, 1.54) is 11.1 Å². The molecule has 8 rings (SSSR count). The van der Waals surface area contributed by atoms with Gasteiger partial charge in [-0.1, -0.05) is 84.9 Å². The van der Waals surface area contributed by atoms with Crippen LogP contribution in [-0.4, -0.2) is 21.8 Å². The topological polar surface area (TPSA) is 66.4 Å². The van der Waals surface area contributed by atoms with E-state index in [0.29, 0.717) is 11.1 Å². The number of rotatable bonds is 3. The highest BCUT2D eigenvalue weighted by Crippen LogP contribution is 2.43. The standard InChI is InChI=1S/C35H22N4O2/c40-33-29-17-16-23(28-13-7-11-22-8-1-4-12-27(22)28)19-30(29)34(41)39(33)35-36-20-26(21-37-35)38-31-14-5-2-9-24(31)18-25-10-3-6-15-32(25)38/h1-17,19-21H,18H2. The molecule has 0 saturated carbocycles. The van der Waals surface area contributed by atoms with E-state index in [1.54, 1.807) is 24.5 Å². The number of amides is 2. The Kier molecular flexibility index (Phi) is 5.09. The predicted octanol–water partition coefficient (Wildman–Crippen LogP) is 7.47. The Morgan fingerprint density at radius 2 is 1.20 bits per heavy atom. The number of imide groups is 1. The van der Waals surface area contributed by atoms with Crippen LogP contribution in [0.15, 0.2) is 122 Å². The Bertz CT molecular complexity index is 1980. The Balaban J connectivity index is 1.15. The molecule has 6 heteroatoms. The van der Waals surface area contributed by atoms with E-state index in [9.17, 15) is 9.59 Å². The van der Waals surface area contributed by atoms with Gasteiger partial charge in [0.05, 0.1) is 29.2 Å². The summed E-state index contributed by atoms with van der Waals surface area (Å²) in [6.45, 7) is 0. The van der Waals surface area contributed by atoms with Crippen LogP contribution in [0.1, 0.15) is 31.8 Å². The molecule has 0 radical (unpaired) electrons. The fourth-order valence-corrected chi connectivity index (χ4v) is 5.98. The molecule has 0 atom stereocenters. The van der Waals surface area contributed by atoms with Crippen molar-refractivity contribution in [2.45, 2.75) is 6.42 Å². The molecule has 3 heterocycles. The van der Waals surface area contributed by atoms with Crippen LogP contribution in [0.4, 0.5) is 23.0 Å². The first-order chi connectivity index (χ1) is 20.2. The Morgan fingerprint density at radius 3 is 1.95 bits per heavy atom. The maximum absolute atomic E-state index is 13.6. The van der Waals surface area contributed by atoms with Crippen molar-refractivity contribution in [3.63, 3.8) is 0 Å². The summed E-state index contributed by atoms with van der Waals surface area (Å²) >= 11 is 0. The van der Waals surface area contributed by atoms with Gasteiger partial charge in [-0.3, -0.25) is 9.59 Å². The number of aromatic nitrogens is 2. The van der Waals surface area contributed by atoms with Crippen LogP contribution < -0.4 is 9.80 Å². The molecule has 6 nitrogen and oxygen atoms in total. The lowest BCUT2D eigenvalue weighted by Gasteiger charge is -2.33. The third kappa shape index (κ3) is 3.58. The second-order valence-electron chi connectivity index (χ2n) is 10.2. The van der Waals surface area contributed by atoms with Gasteiger partial charge in [-0.2, -0.15) is 0 Å². The molecule has 2 aliphatic rings. The SMILES string of the molecule is O=C1c2ccc(-c3cccc4ccccc34)cc2C(=O)N1c1ncc(N2c3ccccc3Cc3ccccc32)cn1. The summed E-state index contributed by atoms with van der Waals surface area (Å²) in [4.78, 5) is 39.2. The third-order valence-corrected chi connectivity index (χ3v) is 7.92. The molecule has 0 N–H and O–H groups in total. The largest absolute Gasteiger partial charge is 0.307 e. The summed E-state index contributed by atoms with van der Waals surface area (Å²) in [7, 11) is 0. The molecule has 5 aromatic carbocycles. The Labute approximate surface area is 236 Å². The zero-order valence-electron chi connectivity index (χ0n) is 21.9. The maximum atomic E-state index is 13.6. The van der Waals surface area contributed by atoms with Crippen LogP contribution >= 0.6 is 0 Å². The number of fused-ring (bicyclic) bond motifs is 4. The minimum Gasteiger partial charge on any atom is -0.307 e. The van der Waals surface area contributed by atoms with E-state index < -0.39 is 11.8 Å². The molecule has 2 amide bonds. The van der Waals surface area contributed by atoms with E-state index in [2.05, 4.69) is 57.3 Å². The molecule has 1 aromatic heterocycles. The first-order valence-electron chi connectivity index (χ1n) is 13.5. The van der Waals surface area contributed by atoms with Crippen LogP contribution in [-0.2, 0) is 6.42 Å². The van der Waals surface area contributed by atoms with Gasteiger partial charge in [-0.15, -0.1) is 0 Å². The van der Waals surface area contributed by atoms with E-state index in [1.807, 2.05) is 54.6 Å². The van der Waals surface area contributed by atoms with Crippen molar-refractivity contribution in [3.8, 4) is 11.1 Å². The predicted molar refractivity (Wildman–Crippen MR) is 160 cm³/mol. The highest BCUT2D eigenvalue weighted by molar-refractivity contribution is 6.34. The van der Waals surface area contributed by atoms with Gasteiger partial charge in [-0.25, -0.2) is 14.9 Å². The number of carbonyl (C=O) groups excluding carboxylic acids is 2. The van der Waals surface area contributed by atoms with Gasteiger partial charge in [0.15, 0.2) is 0 Å². The highest BCUT2D eigenvalue weighted by Gasteiger charge is 2.38. The van der Waals surface area contributed by atoms with Crippen molar-refractivity contribution < 1.29 is 9.59 Å². The highest BCUT2D eigenvalue weighted by atomic mass is 16.2. The second kappa shape index (κ2) is 8.96. The number of hydrogen-bond acceptors (Lipinski definition) is 5. The molecule has 194 valence electrons. The summed E-state index contributed by atoms with van der Waals surface area (Å²) in [6.07, 6.45) is 4.19. The number of para-hydroxylation sites is 2. The molecular formula is C35H22N4O2. The normalized spacial score (nSPS) is 13.8. The molecule has 41 heavy (non-hydrogen) atoms. The average Bonchev–Trinajstić information content (AvgIpc) is 3.28. The lowest BCUT2D eigenvalue weighted by atomic mass is 9.95. The molecule has 0 aliphatic carbocycles. The van der Waals surface area contributed by atoms with Crippen molar-refractivity contribution in [3.05, 3.63) is 144 Å². The molecule has 0 unspecified atom stereocenters. The van der Waals surface area contributed by atoms with Crippen molar-refractivity contribution in [1.82, 2.24) is 9.97 Å². The van der Waals surface area contributed by atoms with Gasteiger partial charge in [-0.05, 0) is 57.3 Å². The van der Waals surface area contributed by atoms with Gasteiger partial charge >= 0.3 is 0 Å². The van der Waals surface area contributed by atoms with Gasteiger partial charge < -0.3 is 4.90 Å². The number of nitrogens with zero attached hydrogens (tertiary/aromatic N) is 4. The fourth-order valence-electron chi connectivity index (χ4n) is 5.98. The van der Waals surface area contributed by atoms with Gasteiger partial charge in [0.2, 0.25) is 5.95 Å². The first-order valence-corrected chi connectivity index (χ1v) is 13.5. The average molecular weight is 531 g/mol. The molecule has 2 aliphatic heterocycles. The lowest BCUT2D eigenvalue weighted by molar-refractivity contribution is 0.0924. The first kappa shape index (κ1) is 23.3. The van der Waals surface area contributed by atoms with E-state index in [-0.39, 0.29) is 5.95 Å². The van der Waals surface area contributed by atoms with E-state index in [4.69, 9.17) is 0 Å². The third-order valence-electron chi connectivity index (χ3n) is 7.92. The lowest BCUT2D eigenvalue weighted by Crippen LogP contribution is -2.31. The fraction of sp³-hybridized carbons (Fsp3) is 0.0286. The molecule has 6 aromatic rings. The number of carbonyl (C=O) groups is 2. The zero-order chi connectivity index (χ0) is 27.5. The van der Waals surface area contributed by atoms with Crippen LogP contribution in [0.2, 0.25) is 0 Å². The minimum atomic E-state index is -0.423. The maximum Gasteiger partial charge on any atom is 0.268 e. The summed E-state index contributed by atoms with van der Waals surface area (Å²) in [5.74, 6) is -0.783. The second-order valence-corrected chi connectivity index (χ2v) is 10.2. The summed E-state index contributed by atoms with van der Waals surface area (Å²) in [6, 6.07) is 36.1. The molecule has 0 bridgehead atoms. The van der Waals surface area contributed by atoms with Gasteiger partial charge in [0, 0.05) is 17.8 Å². The van der Waals surface area contributed by atoms with Crippen molar-refractivity contribution in [1.29, 1.82) is 0 Å². The van der Waals surface area contributed by atoms with Gasteiger partial charge in [0.25, 0.3) is 11.8 Å². The van der Waals surface area contributed by atoms with Crippen LogP contribution in [0.3, 0.4) is 0 Å². The molecule has 0 saturated heterocycles. The number of hydrogen-bond donors (Lipinski definition) is 0. The van der Waals surface area contributed by atoms with Crippen LogP contribution in [0, 0.1) is 0 Å². The van der Waals surface area contributed by atoms with Crippen molar-refractivity contribution in [2.24, 2.45) is 0 Å². The summed E-state index contributed by atoms with van der Waals surface area (Å²) in [5.41, 5.74) is 7.87. The zero-order valence-corrected chi connectivity index (χ0v) is 21.9. The summed E-state index contributed by atoms with van der Waals surface area (Å²) in [5, 5.41) is 2.20.